The van der Waals surface area contributed by atoms with Crippen LogP contribution < -0.4 is 15.5 Å². The van der Waals surface area contributed by atoms with Gasteiger partial charge < -0.3 is 25.5 Å². The number of anilines is 2. The van der Waals surface area contributed by atoms with Crippen LogP contribution >= 0.6 is 0 Å². The number of carbonyl (C=O) groups excluding carboxylic acids is 3. The summed E-state index contributed by atoms with van der Waals surface area (Å²) in [6.45, 7) is 9.50. The Morgan fingerprint density at radius 1 is 1.09 bits per heavy atom. The van der Waals surface area contributed by atoms with Crippen LogP contribution in [0.2, 0.25) is 0 Å². The van der Waals surface area contributed by atoms with E-state index in [0.29, 0.717) is 5.69 Å². The number of fused-ring (bicyclic) bond motifs is 1. The molecule has 0 bridgehead atoms. The average molecular weight is 485 g/mol. The minimum atomic E-state index is -0.803. The maximum atomic E-state index is 13.7. The molecular formula is C27H40N4O4. The van der Waals surface area contributed by atoms with Crippen molar-refractivity contribution in [3.8, 4) is 0 Å². The van der Waals surface area contributed by atoms with Gasteiger partial charge in [0.2, 0.25) is 17.7 Å². The molecule has 1 aromatic carbocycles. The van der Waals surface area contributed by atoms with Crippen molar-refractivity contribution < 1.29 is 19.5 Å². The fraction of sp³-hybridized carbons (Fsp3) is 0.593. The number of hydrogen-bond donors (Lipinski definition) is 3. The first kappa shape index (κ1) is 26.7. The molecule has 3 amide bonds. The number of aliphatic hydroxyl groups is 1. The number of hydrogen-bond acceptors (Lipinski definition) is 5. The molecule has 8 heteroatoms. The van der Waals surface area contributed by atoms with Gasteiger partial charge in [0.25, 0.3) is 0 Å². The van der Waals surface area contributed by atoms with Gasteiger partial charge in [-0.15, -0.1) is 0 Å². The number of carbonyl (C=O) groups is 3. The van der Waals surface area contributed by atoms with Crippen molar-refractivity contribution >= 4 is 29.1 Å². The number of nitrogens with zero attached hydrogens (tertiary/aromatic N) is 2. The largest absolute Gasteiger partial charge is 0.394 e. The van der Waals surface area contributed by atoms with Crippen molar-refractivity contribution in [1.82, 2.24) is 10.2 Å². The molecule has 1 heterocycles. The van der Waals surface area contributed by atoms with E-state index < -0.39 is 29.8 Å². The molecular weight excluding hydrogens is 444 g/mol. The lowest BCUT2D eigenvalue weighted by atomic mass is 9.68. The summed E-state index contributed by atoms with van der Waals surface area (Å²) in [4.78, 5) is 43.9. The van der Waals surface area contributed by atoms with Gasteiger partial charge in [0.1, 0.15) is 6.04 Å². The summed E-state index contributed by atoms with van der Waals surface area (Å²) in [6, 6.07) is 6.32. The molecule has 0 saturated carbocycles. The van der Waals surface area contributed by atoms with Crippen molar-refractivity contribution in [2.45, 2.75) is 52.6 Å². The van der Waals surface area contributed by atoms with Gasteiger partial charge in [0.05, 0.1) is 24.5 Å². The van der Waals surface area contributed by atoms with Gasteiger partial charge in [-0.2, -0.15) is 0 Å². The van der Waals surface area contributed by atoms with Gasteiger partial charge in [-0.05, 0) is 57.4 Å². The van der Waals surface area contributed by atoms with E-state index in [4.69, 9.17) is 0 Å². The zero-order valence-electron chi connectivity index (χ0n) is 21.5. The highest BCUT2D eigenvalue weighted by Gasteiger charge is 2.57. The molecule has 3 N–H and O–H groups in total. The van der Waals surface area contributed by atoms with Crippen LogP contribution in [0.15, 0.2) is 36.4 Å². The fourth-order valence-corrected chi connectivity index (χ4v) is 5.70. The number of rotatable bonds is 10. The number of nitrogens with one attached hydrogen (secondary N) is 2. The van der Waals surface area contributed by atoms with Crippen molar-refractivity contribution in [3.63, 3.8) is 0 Å². The molecule has 0 aromatic heterocycles. The van der Waals surface area contributed by atoms with E-state index in [9.17, 15) is 19.5 Å². The van der Waals surface area contributed by atoms with Crippen LogP contribution in [0, 0.1) is 23.7 Å². The summed E-state index contributed by atoms with van der Waals surface area (Å²) in [6.07, 6.45) is 5.62. The van der Waals surface area contributed by atoms with Crippen molar-refractivity contribution in [3.05, 3.63) is 36.4 Å². The SMILES string of the molecule is CCC[C@@H]1C=C[C@H]2[C@H](C(=O)N([C@H](C)CO)[C@@H]2C(=O)Nc2ccc(N(CC)CC)cc2)[C@@H]1C(=O)NC. The molecule has 2 aliphatic rings. The second-order valence-electron chi connectivity index (χ2n) is 9.51. The van der Waals surface area contributed by atoms with Crippen LogP contribution in [0.1, 0.15) is 40.5 Å². The molecule has 1 aliphatic carbocycles. The standard InChI is InChI=1S/C27H40N4O4/c1-6-9-18-10-15-21-23(22(18)25(33)28-5)27(35)31(17(4)16-32)24(21)26(34)29-19-11-13-20(14-12-19)30(7-2)8-3/h10-15,17-18,21-24,32H,6-9,16H2,1-5H3,(H,28,33)(H,29,34)/t17-,18-,21+,22-,23+,24+/m1/s1. The second-order valence-corrected chi connectivity index (χ2v) is 9.51. The Bertz CT molecular complexity index is 928. The summed E-state index contributed by atoms with van der Waals surface area (Å²) in [7, 11) is 1.58. The third kappa shape index (κ3) is 5.22. The first-order valence-corrected chi connectivity index (χ1v) is 12.8. The molecule has 1 saturated heterocycles. The molecule has 0 spiro atoms. The predicted octanol–water partition coefficient (Wildman–Crippen LogP) is 2.64. The van der Waals surface area contributed by atoms with Gasteiger partial charge in [0, 0.05) is 37.4 Å². The minimum absolute atomic E-state index is 0.0640. The first-order chi connectivity index (χ1) is 16.8. The predicted molar refractivity (Wildman–Crippen MR) is 138 cm³/mol. The van der Waals surface area contributed by atoms with Gasteiger partial charge in [-0.3, -0.25) is 14.4 Å². The van der Waals surface area contributed by atoms with Crippen LogP contribution in [0.25, 0.3) is 0 Å². The third-order valence-electron chi connectivity index (χ3n) is 7.49. The van der Waals surface area contributed by atoms with Crippen LogP contribution in [0.5, 0.6) is 0 Å². The highest BCUT2D eigenvalue weighted by atomic mass is 16.3. The van der Waals surface area contributed by atoms with Crippen molar-refractivity contribution in [1.29, 1.82) is 0 Å². The van der Waals surface area contributed by atoms with Crippen LogP contribution in [0.3, 0.4) is 0 Å². The maximum absolute atomic E-state index is 13.7. The highest BCUT2D eigenvalue weighted by molar-refractivity contribution is 6.02. The van der Waals surface area contributed by atoms with E-state index in [2.05, 4.69) is 36.3 Å². The molecule has 35 heavy (non-hydrogen) atoms. The number of allylic oxidation sites excluding steroid dienone is 1. The van der Waals surface area contributed by atoms with Crippen LogP contribution in [-0.4, -0.2) is 66.6 Å². The molecule has 6 atom stereocenters. The quantitative estimate of drug-likeness (QED) is 0.443. The summed E-state index contributed by atoms with van der Waals surface area (Å²) < 4.78 is 0. The van der Waals surface area contributed by atoms with Gasteiger partial charge in [-0.25, -0.2) is 0 Å². The molecule has 1 aliphatic heterocycles. The molecule has 1 aromatic rings. The Kier molecular flexibility index (Phi) is 8.94. The lowest BCUT2D eigenvalue weighted by Crippen LogP contribution is -2.49. The number of aliphatic hydroxyl groups excluding tert-OH is 1. The smallest absolute Gasteiger partial charge is 0.247 e. The monoisotopic (exact) mass is 484 g/mol. The van der Waals surface area contributed by atoms with Gasteiger partial charge in [-0.1, -0.05) is 25.5 Å². The van der Waals surface area contributed by atoms with Crippen LogP contribution in [0.4, 0.5) is 11.4 Å². The Labute approximate surface area is 208 Å². The summed E-state index contributed by atoms with van der Waals surface area (Å²) >= 11 is 0. The molecule has 0 unspecified atom stereocenters. The van der Waals surface area contributed by atoms with E-state index in [1.807, 2.05) is 36.4 Å². The Morgan fingerprint density at radius 3 is 2.29 bits per heavy atom. The molecule has 8 nitrogen and oxygen atoms in total. The highest BCUT2D eigenvalue weighted by Crippen LogP contribution is 2.46. The zero-order valence-corrected chi connectivity index (χ0v) is 21.5. The van der Waals surface area contributed by atoms with E-state index in [0.717, 1.165) is 31.6 Å². The van der Waals surface area contributed by atoms with E-state index >= 15 is 0 Å². The Balaban J connectivity index is 1.93. The summed E-state index contributed by atoms with van der Waals surface area (Å²) in [5.74, 6) is -2.41. The average Bonchev–Trinajstić information content (AvgIpc) is 3.17. The van der Waals surface area contributed by atoms with Gasteiger partial charge in [0.15, 0.2) is 0 Å². The third-order valence-corrected chi connectivity index (χ3v) is 7.49. The first-order valence-electron chi connectivity index (χ1n) is 12.8. The second kappa shape index (κ2) is 11.7. The number of likely N-dealkylation sites (tertiary alicyclic amines) is 1. The van der Waals surface area contributed by atoms with E-state index in [1.165, 1.54) is 4.90 Å². The van der Waals surface area contributed by atoms with Gasteiger partial charge >= 0.3 is 0 Å². The lowest BCUT2D eigenvalue weighted by molar-refractivity contribution is -0.142. The van der Waals surface area contributed by atoms with Crippen molar-refractivity contribution in [2.75, 3.05) is 37.0 Å². The molecule has 3 rings (SSSR count). The lowest BCUT2D eigenvalue weighted by Gasteiger charge is -2.34. The number of benzene rings is 1. The summed E-state index contributed by atoms with van der Waals surface area (Å²) in [5.41, 5.74) is 1.72. The number of amides is 3. The topological polar surface area (TPSA) is 102 Å². The summed E-state index contributed by atoms with van der Waals surface area (Å²) in [5, 5.41) is 15.6. The van der Waals surface area contributed by atoms with E-state index in [-0.39, 0.29) is 30.2 Å². The van der Waals surface area contributed by atoms with Crippen molar-refractivity contribution in [2.24, 2.45) is 23.7 Å². The normalized spacial score (nSPS) is 26.3. The Morgan fingerprint density at radius 2 is 1.74 bits per heavy atom. The Hall–Kier alpha value is -2.87. The molecule has 1 fully saturated rings. The van der Waals surface area contributed by atoms with E-state index in [1.54, 1.807) is 14.0 Å². The molecule has 0 radical (unpaired) electrons. The maximum Gasteiger partial charge on any atom is 0.247 e. The fourth-order valence-electron chi connectivity index (χ4n) is 5.70. The van der Waals surface area contributed by atoms with Crippen LogP contribution in [-0.2, 0) is 14.4 Å². The zero-order chi connectivity index (χ0) is 25.7. The molecule has 192 valence electrons. The minimum Gasteiger partial charge on any atom is -0.394 e.